The van der Waals surface area contributed by atoms with Gasteiger partial charge in [0.15, 0.2) is 0 Å². The van der Waals surface area contributed by atoms with E-state index in [0.29, 0.717) is 5.92 Å². The SMILES string of the molecule is CC/C=C/CCCCC(C#N)CCC. The molecule has 14 heavy (non-hydrogen) atoms. The second-order valence-electron chi connectivity index (χ2n) is 3.78. The van der Waals surface area contributed by atoms with Crippen molar-refractivity contribution in [3.05, 3.63) is 12.2 Å². The average Bonchev–Trinajstić information content (AvgIpc) is 2.21. The summed E-state index contributed by atoms with van der Waals surface area (Å²) in [4.78, 5) is 0. The van der Waals surface area contributed by atoms with Crippen molar-refractivity contribution in [2.75, 3.05) is 0 Å². The van der Waals surface area contributed by atoms with Crippen molar-refractivity contribution in [2.45, 2.75) is 58.8 Å². The summed E-state index contributed by atoms with van der Waals surface area (Å²) in [5, 5.41) is 8.83. The highest BCUT2D eigenvalue weighted by Crippen LogP contribution is 2.14. The molecule has 0 aromatic rings. The van der Waals surface area contributed by atoms with Gasteiger partial charge in [0.05, 0.1) is 6.07 Å². The predicted molar refractivity (Wildman–Crippen MR) is 61.9 cm³/mol. The standard InChI is InChI=1S/C13H23N/c1-3-5-6-7-8-9-11-13(12-14)10-4-2/h5-6,13H,3-4,7-11H2,1-2H3/b6-5+. The second kappa shape index (κ2) is 10.3. The molecule has 0 spiro atoms. The molecule has 0 fully saturated rings. The third-order valence-electron chi connectivity index (χ3n) is 2.40. The summed E-state index contributed by atoms with van der Waals surface area (Å²) >= 11 is 0. The van der Waals surface area contributed by atoms with E-state index in [2.05, 4.69) is 32.1 Å². The topological polar surface area (TPSA) is 23.8 Å². The first-order valence-electron chi connectivity index (χ1n) is 5.89. The molecule has 0 aliphatic carbocycles. The van der Waals surface area contributed by atoms with Crippen LogP contribution in [0.3, 0.4) is 0 Å². The van der Waals surface area contributed by atoms with E-state index in [9.17, 15) is 0 Å². The van der Waals surface area contributed by atoms with Crippen LogP contribution in [0.15, 0.2) is 12.2 Å². The van der Waals surface area contributed by atoms with E-state index in [1.807, 2.05) is 0 Å². The molecular weight excluding hydrogens is 170 g/mol. The molecule has 0 heterocycles. The van der Waals surface area contributed by atoms with Crippen LogP contribution in [0.1, 0.15) is 58.8 Å². The van der Waals surface area contributed by atoms with Crippen molar-refractivity contribution in [3.8, 4) is 6.07 Å². The van der Waals surface area contributed by atoms with E-state index >= 15 is 0 Å². The Morgan fingerprint density at radius 1 is 1.14 bits per heavy atom. The van der Waals surface area contributed by atoms with Gasteiger partial charge in [0.25, 0.3) is 0 Å². The van der Waals surface area contributed by atoms with E-state index in [4.69, 9.17) is 5.26 Å². The smallest absolute Gasteiger partial charge is 0.0655 e. The summed E-state index contributed by atoms with van der Waals surface area (Å²) in [7, 11) is 0. The lowest BCUT2D eigenvalue weighted by molar-refractivity contribution is 0.515. The minimum Gasteiger partial charge on any atom is -0.198 e. The molecule has 0 saturated heterocycles. The van der Waals surface area contributed by atoms with E-state index in [-0.39, 0.29) is 0 Å². The summed E-state index contributed by atoms with van der Waals surface area (Å²) in [6.45, 7) is 4.30. The summed E-state index contributed by atoms with van der Waals surface area (Å²) in [5.74, 6) is 0.301. The van der Waals surface area contributed by atoms with Crippen LogP contribution < -0.4 is 0 Å². The van der Waals surface area contributed by atoms with E-state index in [0.717, 1.165) is 25.7 Å². The van der Waals surface area contributed by atoms with Crippen LogP contribution in [-0.4, -0.2) is 0 Å². The Labute approximate surface area is 88.8 Å². The van der Waals surface area contributed by atoms with Crippen molar-refractivity contribution in [1.29, 1.82) is 5.26 Å². The summed E-state index contributed by atoms with van der Waals surface area (Å²) in [6.07, 6.45) is 12.5. The highest BCUT2D eigenvalue weighted by Gasteiger charge is 2.04. The molecule has 0 aliphatic heterocycles. The number of nitriles is 1. The van der Waals surface area contributed by atoms with Crippen molar-refractivity contribution < 1.29 is 0 Å². The van der Waals surface area contributed by atoms with Crippen molar-refractivity contribution in [1.82, 2.24) is 0 Å². The molecule has 0 N–H and O–H groups in total. The number of allylic oxidation sites excluding steroid dienone is 2. The van der Waals surface area contributed by atoms with Crippen LogP contribution in [0.5, 0.6) is 0 Å². The molecule has 0 aliphatic rings. The lowest BCUT2D eigenvalue weighted by Crippen LogP contribution is -1.95. The van der Waals surface area contributed by atoms with Gasteiger partial charge in [-0.1, -0.05) is 38.8 Å². The zero-order valence-corrected chi connectivity index (χ0v) is 9.63. The molecule has 80 valence electrons. The fraction of sp³-hybridized carbons (Fsp3) is 0.769. The van der Waals surface area contributed by atoms with Crippen molar-refractivity contribution >= 4 is 0 Å². The Kier molecular flexibility index (Phi) is 9.74. The zero-order chi connectivity index (χ0) is 10.6. The average molecular weight is 193 g/mol. The summed E-state index contributed by atoms with van der Waals surface area (Å²) < 4.78 is 0. The maximum atomic E-state index is 8.83. The van der Waals surface area contributed by atoms with Gasteiger partial charge in [0.1, 0.15) is 0 Å². The molecule has 1 atom stereocenters. The third-order valence-corrected chi connectivity index (χ3v) is 2.40. The molecular formula is C13H23N. The van der Waals surface area contributed by atoms with Crippen molar-refractivity contribution in [3.63, 3.8) is 0 Å². The lowest BCUT2D eigenvalue weighted by Gasteiger charge is -2.05. The highest BCUT2D eigenvalue weighted by atomic mass is 14.3. The minimum atomic E-state index is 0.301. The summed E-state index contributed by atoms with van der Waals surface area (Å²) in [5.41, 5.74) is 0. The number of rotatable bonds is 8. The molecule has 0 rings (SSSR count). The van der Waals surface area contributed by atoms with Gasteiger partial charge in [-0.25, -0.2) is 0 Å². The minimum absolute atomic E-state index is 0.301. The predicted octanol–water partition coefficient (Wildman–Crippen LogP) is 4.45. The Morgan fingerprint density at radius 2 is 1.93 bits per heavy atom. The lowest BCUT2D eigenvalue weighted by atomic mass is 9.98. The van der Waals surface area contributed by atoms with E-state index < -0.39 is 0 Å². The largest absolute Gasteiger partial charge is 0.198 e. The Hall–Kier alpha value is -0.770. The maximum absolute atomic E-state index is 8.83. The van der Waals surface area contributed by atoms with Gasteiger partial charge < -0.3 is 0 Å². The van der Waals surface area contributed by atoms with Crippen LogP contribution in [0, 0.1) is 17.2 Å². The second-order valence-corrected chi connectivity index (χ2v) is 3.78. The van der Waals surface area contributed by atoms with Gasteiger partial charge >= 0.3 is 0 Å². The normalized spacial score (nSPS) is 12.9. The Bertz CT molecular complexity index is 176. The molecule has 0 radical (unpaired) electrons. The number of hydrogen-bond acceptors (Lipinski definition) is 1. The first-order chi connectivity index (χ1) is 6.85. The van der Waals surface area contributed by atoms with Crippen molar-refractivity contribution in [2.24, 2.45) is 5.92 Å². The maximum Gasteiger partial charge on any atom is 0.0655 e. The number of unbranched alkanes of at least 4 members (excludes halogenated alkanes) is 2. The van der Waals surface area contributed by atoms with Gasteiger partial charge in [0, 0.05) is 5.92 Å². The molecule has 1 heteroatoms. The van der Waals surface area contributed by atoms with Crippen LogP contribution in [-0.2, 0) is 0 Å². The fourth-order valence-electron chi connectivity index (χ4n) is 1.56. The van der Waals surface area contributed by atoms with Gasteiger partial charge in [-0.05, 0) is 32.1 Å². The van der Waals surface area contributed by atoms with Crippen LogP contribution in [0.4, 0.5) is 0 Å². The molecule has 0 saturated carbocycles. The van der Waals surface area contributed by atoms with E-state index in [1.54, 1.807) is 0 Å². The molecule has 1 unspecified atom stereocenters. The first-order valence-corrected chi connectivity index (χ1v) is 5.89. The van der Waals surface area contributed by atoms with Gasteiger partial charge in [-0.2, -0.15) is 5.26 Å². The third kappa shape index (κ3) is 7.86. The van der Waals surface area contributed by atoms with Gasteiger partial charge in [-0.3, -0.25) is 0 Å². The van der Waals surface area contributed by atoms with E-state index in [1.165, 1.54) is 19.3 Å². The van der Waals surface area contributed by atoms with Gasteiger partial charge in [0.2, 0.25) is 0 Å². The summed E-state index contributed by atoms with van der Waals surface area (Å²) in [6, 6.07) is 2.39. The fourth-order valence-corrected chi connectivity index (χ4v) is 1.56. The number of nitrogens with zero attached hydrogens (tertiary/aromatic N) is 1. The van der Waals surface area contributed by atoms with Gasteiger partial charge in [-0.15, -0.1) is 0 Å². The van der Waals surface area contributed by atoms with Crippen LogP contribution in [0.25, 0.3) is 0 Å². The molecule has 1 nitrogen and oxygen atoms in total. The monoisotopic (exact) mass is 193 g/mol. The van der Waals surface area contributed by atoms with Crippen LogP contribution >= 0.6 is 0 Å². The molecule has 0 aromatic heterocycles. The molecule has 0 amide bonds. The number of hydrogen-bond donors (Lipinski definition) is 0. The highest BCUT2D eigenvalue weighted by molar-refractivity contribution is 4.83. The molecule has 0 bridgehead atoms. The first kappa shape index (κ1) is 13.2. The Balaban J connectivity index is 3.34. The zero-order valence-electron chi connectivity index (χ0n) is 9.63. The molecule has 0 aromatic carbocycles. The Morgan fingerprint density at radius 3 is 2.50 bits per heavy atom. The van der Waals surface area contributed by atoms with Crippen LogP contribution in [0.2, 0.25) is 0 Å². The quantitative estimate of drug-likeness (QED) is 0.412.